The van der Waals surface area contributed by atoms with Crippen LogP contribution in [-0.2, 0) is 26.8 Å². The molecule has 0 radical (unpaired) electrons. The first-order valence-electron chi connectivity index (χ1n) is 7.94. The van der Waals surface area contributed by atoms with Gasteiger partial charge in [-0.2, -0.15) is 13.2 Å². The molecule has 1 aromatic carbocycles. The lowest BCUT2D eigenvalue weighted by Crippen LogP contribution is -2.39. The van der Waals surface area contributed by atoms with E-state index in [0.717, 1.165) is 16.7 Å². The quantitative estimate of drug-likeness (QED) is 0.596. The second-order valence-electron chi connectivity index (χ2n) is 5.93. The molecule has 0 saturated heterocycles. The van der Waals surface area contributed by atoms with Crippen molar-refractivity contribution >= 4 is 11.2 Å². The maximum atomic E-state index is 12.8. The molecule has 3 aromatic rings. The van der Waals surface area contributed by atoms with E-state index in [4.69, 9.17) is 6.42 Å². The maximum Gasteiger partial charge on any atom is 0.416 e. The van der Waals surface area contributed by atoms with Gasteiger partial charge in [0.05, 0.1) is 12.1 Å². The van der Waals surface area contributed by atoms with E-state index in [1.165, 1.54) is 35.4 Å². The van der Waals surface area contributed by atoms with Crippen molar-refractivity contribution in [2.24, 2.45) is 14.1 Å². The predicted molar refractivity (Wildman–Crippen MR) is 96.5 cm³/mol. The van der Waals surface area contributed by atoms with Gasteiger partial charge in [-0.05, 0) is 24.1 Å². The summed E-state index contributed by atoms with van der Waals surface area (Å²) in [5, 5.41) is 0. The molecule has 28 heavy (non-hydrogen) atoms. The first-order valence-corrected chi connectivity index (χ1v) is 7.94. The Morgan fingerprint density at radius 2 is 1.86 bits per heavy atom. The van der Waals surface area contributed by atoms with Crippen LogP contribution in [0.3, 0.4) is 0 Å². The van der Waals surface area contributed by atoms with Gasteiger partial charge in [-0.3, -0.25) is 9.36 Å². The van der Waals surface area contributed by atoms with Gasteiger partial charge >= 0.3 is 11.9 Å². The molecule has 0 aliphatic heterocycles. The summed E-state index contributed by atoms with van der Waals surface area (Å²) in [4.78, 5) is 29.0. The summed E-state index contributed by atoms with van der Waals surface area (Å²) >= 11 is 0. The minimum absolute atomic E-state index is 0.110. The van der Waals surface area contributed by atoms with Crippen molar-refractivity contribution in [1.29, 1.82) is 0 Å². The molecule has 2 aromatic heterocycles. The number of halogens is 3. The molecule has 9 heteroatoms. The Bertz CT molecular complexity index is 1310. The van der Waals surface area contributed by atoms with Crippen molar-refractivity contribution < 1.29 is 13.2 Å². The SMILES string of the molecule is C#CCn1c(=O)c2c(nc(C#Cc3cccc(C(F)(F)F)c3)n2C)n(C)c1=O. The van der Waals surface area contributed by atoms with E-state index < -0.39 is 23.0 Å². The van der Waals surface area contributed by atoms with E-state index in [2.05, 4.69) is 22.7 Å². The summed E-state index contributed by atoms with van der Waals surface area (Å²) in [7, 11) is 2.96. The Morgan fingerprint density at radius 1 is 1.14 bits per heavy atom. The fourth-order valence-corrected chi connectivity index (χ4v) is 2.69. The Kier molecular flexibility index (Phi) is 4.61. The number of benzene rings is 1. The third kappa shape index (κ3) is 3.19. The van der Waals surface area contributed by atoms with Crippen molar-refractivity contribution in [3.63, 3.8) is 0 Å². The number of nitrogens with zero attached hydrogens (tertiary/aromatic N) is 4. The number of rotatable bonds is 1. The summed E-state index contributed by atoms with van der Waals surface area (Å²) in [6.45, 7) is -0.197. The monoisotopic (exact) mass is 386 g/mol. The van der Waals surface area contributed by atoms with Gasteiger partial charge in [0.2, 0.25) is 0 Å². The van der Waals surface area contributed by atoms with E-state index in [1.54, 1.807) is 0 Å². The van der Waals surface area contributed by atoms with Crippen LogP contribution in [0.25, 0.3) is 11.2 Å². The molecule has 2 heterocycles. The van der Waals surface area contributed by atoms with Crippen LogP contribution in [0.1, 0.15) is 17.0 Å². The average molecular weight is 386 g/mol. The van der Waals surface area contributed by atoms with Crippen molar-refractivity contribution in [3.8, 4) is 24.2 Å². The first kappa shape index (κ1) is 19.1. The smallest absolute Gasteiger partial charge is 0.314 e. The van der Waals surface area contributed by atoms with Gasteiger partial charge in [-0.25, -0.2) is 14.3 Å². The van der Waals surface area contributed by atoms with Gasteiger partial charge in [-0.15, -0.1) is 6.42 Å². The summed E-state index contributed by atoms with van der Waals surface area (Å²) in [5.41, 5.74) is -1.68. The van der Waals surface area contributed by atoms with Crippen molar-refractivity contribution in [2.75, 3.05) is 0 Å². The summed E-state index contributed by atoms with van der Waals surface area (Å²) < 4.78 is 41.9. The minimum Gasteiger partial charge on any atom is -0.314 e. The second kappa shape index (κ2) is 6.78. The molecule has 0 bridgehead atoms. The topological polar surface area (TPSA) is 61.8 Å². The number of fused-ring (bicyclic) bond motifs is 1. The standard InChI is InChI=1S/C19H13F3N4O2/c1-4-10-26-17(27)15-16(25(3)18(26)28)23-14(24(15)2)9-8-12-6-5-7-13(11-12)19(20,21)22/h1,5-7,11H,10H2,2-3H3. The third-order valence-corrected chi connectivity index (χ3v) is 4.12. The molecular formula is C19H13F3N4O2. The van der Waals surface area contributed by atoms with Crippen LogP contribution >= 0.6 is 0 Å². The Labute approximate surface area is 156 Å². The van der Waals surface area contributed by atoms with Crippen molar-refractivity contribution in [1.82, 2.24) is 18.7 Å². The number of imidazole rings is 1. The summed E-state index contributed by atoms with van der Waals surface area (Å²) in [6.07, 6.45) is 0.732. The predicted octanol–water partition coefficient (Wildman–Crippen LogP) is 1.49. The van der Waals surface area contributed by atoms with Crippen molar-refractivity contribution in [2.45, 2.75) is 12.7 Å². The lowest BCUT2D eigenvalue weighted by Gasteiger charge is -2.05. The van der Waals surface area contributed by atoms with Crippen LogP contribution in [0.2, 0.25) is 0 Å². The van der Waals surface area contributed by atoms with Gasteiger partial charge in [0, 0.05) is 19.7 Å². The largest absolute Gasteiger partial charge is 0.416 e. The van der Waals surface area contributed by atoms with E-state index in [1.807, 2.05) is 0 Å². The zero-order chi connectivity index (χ0) is 20.6. The molecular weight excluding hydrogens is 373 g/mol. The van der Waals surface area contributed by atoms with E-state index in [-0.39, 0.29) is 29.1 Å². The van der Waals surface area contributed by atoms with E-state index in [0.29, 0.717) is 0 Å². The number of alkyl halides is 3. The zero-order valence-corrected chi connectivity index (χ0v) is 14.8. The zero-order valence-electron chi connectivity index (χ0n) is 14.8. The highest BCUT2D eigenvalue weighted by atomic mass is 19.4. The molecule has 0 aliphatic rings. The molecule has 142 valence electrons. The van der Waals surface area contributed by atoms with Crippen molar-refractivity contribution in [3.05, 3.63) is 62.1 Å². The molecule has 0 saturated carbocycles. The minimum atomic E-state index is -4.48. The number of hydrogen-bond donors (Lipinski definition) is 0. The van der Waals surface area contributed by atoms with Gasteiger partial charge in [0.15, 0.2) is 17.0 Å². The highest BCUT2D eigenvalue weighted by Gasteiger charge is 2.30. The number of hydrogen-bond acceptors (Lipinski definition) is 3. The lowest BCUT2D eigenvalue weighted by atomic mass is 10.1. The normalized spacial score (nSPS) is 11.1. The van der Waals surface area contributed by atoms with Crippen LogP contribution in [0.5, 0.6) is 0 Å². The fraction of sp³-hybridized carbons (Fsp3) is 0.211. The highest BCUT2D eigenvalue weighted by Crippen LogP contribution is 2.29. The summed E-state index contributed by atoms with van der Waals surface area (Å²) in [5.74, 6) is 7.63. The summed E-state index contributed by atoms with van der Waals surface area (Å²) in [6, 6.07) is 4.56. The van der Waals surface area contributed by atoms with Crippen LogP contribution in [-0.4, -0.2) is 18.7 Å². The molecule has 0 amide bonds. The maximum absolute atomic E-state index is 12.8. The van der Waals surface area contributed by atoms with Gasteiger partial charge in [-0.1, -0.05) is 17.9 Å². The second-order valence-corrected chi connectivity index (χ2v) is 5.93. The molecule has 0 aliphatic carbocycles. The van der Waals surface area contributed by atoms with Gasteiger partial charge in [0.1, 0.15) is 0 Å². The Morgan fingerprint density at radius 3 is 2.50 bits per heavy atom. The molecule has 0 atom stereocenters. The van der Waals surface area contributed by atoms with Crippen LogP contribution in [0.4, 0.5) is 13.2 Å². The average Bonchev–Trinajstić information content (AvgIpc) is 2.98. The molecule has 0 fully saturated rings. The van der Waals surface area contributed by atoms with E-state index in [9.17, 15) is 22.8 Å². The number of aromatic nitrogens is 4. The molecule has 0 unspecified atom stereocenters. The molecule has 6 nitrogen and oxygen atoms in total. The molecule has 0 spiro atoms. The lowest BCUT2D eigenvalue weighted by molar-refractivity contribution is -0.137. The van der Waals surface area contributed by atoms with Crippen LogP contribution in [0, 0.1) is 24.2 Å². The number of terminal acetylenes is 1. The van der Waals surface area contributed by atoms with Crippen LogP contribution in [0.15, 0.2) is 33.9 Å². The Balaban J connectivity index is 2.17. The third-order valence-electron chi connectivity index (χ3n) is 4.12. The van der Waals surface area contributed by atoms with Crippen LogP contribution < -0.4 is 11.2 Å². The Hall–Kier alpha value is -3.72. The number of aryl methyl sites for hydroxylation is 2. The fourth-order valence-electron chi connectivity index (χ4n) is 2.69. The molecule has 0 N–H and O–H groups in total. The molecule has 3 rings (SSSR count). The first-order chi connectivity index (χ1) is 13.1. The highest BCUT2D eigenvalue weighted by molar-refractivity contribution is 5.72. The van der Waals surface area contributed by atoms with E-state index >= 15 is 0 Å². The van der Waals surface area contributed by atoms with Gasteiger partial charge in [0.25, 0.3) is 5.56 Å². The van der Waals surface area contributed by atoms with Gasteiger partial charge < -0.3 is 4.57 Å².